The van der Waals surface area contributed by atoms with Crippen molar-refractivity contribution >= 4 is 0 Å². The second-order valence-electron chi connectivity index (χ2n) is 3.68. The summed E-state index contributed by atoms with van der Waals surface area (Å²) in [5, 5.41) is 9.25. The van der Waals surface area contributed by atoms with Crippen molar-refractivity contribution in [1.82, 2.24) is 0 Å². The van der Waals surface area contributed by atoms with E-state index < -0.39 is 0 Å². The fraction of sp³-hybridized carbons (Fsp3) is 0.545. The molecule has 0 radical (unpaired) electrons. The molecule has 0 bridgehead atoms. The Labute approximate surface area is 85.0 Å². The van der Waals surface area contributed by atoms with Crippen LogP contribution in [-0.2, 0) is 0 Å². The molecule has 0 saturated heterocycles. The minimum atomic E-state index is 0.116. The van der Waals surface area contributed by atoms with Crippen LogP contribution in [0.25, 0.3) is 0 Å². The highest BCUT2D eigenvalue weighted by Crippen LogP contribution is 2.12. The molecule has 0 aromatic carbocycles. The largest absolute Gasteiger partial charge is 0.491 e. The number of aromatic nitrogens is 1. The van der Waals surface area contributed by atoms with Crippen LogP contribution in [0.3, 0.4) is 0 Å². The lowest BCUT2D eigenvalue weighted by atomic mass is 10.1. The van der Waals surface area contributed by atoms with Gasteiger partial charge in [-0.3, -0.25) is 0 Å². The summed E-state index contributed by atoms with van der Waals surface area (Å²) in [5.41, 5.74) is 0. The number of hydrogen-bond donors (Lipinski definition) is 1. The third-order valence-corrected chi connectivity index (χ3v) is 2.37. The van der Waals surface area contributed by atoms with Gasteiger partial charge in [-0.2, -0.15) is 4.57 Å². The first kappa shape index (κ1) is 11.0. The van der Waals surface area contributed by atoms with E-state index in [2.05, 4.69) is 13.8 Å². The number of methoxy groups -OCH3 is 1. The van der Waals surface area contributed by atoms with Gasteiger partial charge < -0.3 is 9.84 Å². The molecule has 1 aromatic rings. The van der Waals surface area contributed by atoms with Gasteiger partial charge in [0.05, 0.1) is 7.11 Å². The molecule has 3 nitrogen and oxygen atoms in total. The van der Waals surface area contributed by atoms with Gasteiger partial charge in [0.25, 0.3) is 0 Å². The van der Waals surface area contributed by atoms with Crippen LogP contribution in [0.5, 0.6) is 5.75 Å². The average Bonchev–Trinajstić information content (AvgIpc) is 2.19. The molecule has 14 heavy (non-hydrogen) atoms. The van der Waals surface area contributed by atoms with Crippen LogP contribution in [0.15, 0.2) is 24.5 Å². The lowest BCUT2D eigenvalue weighted by molar-refractivity contribution is -0.731. The van der Waals surface area contributed by atoms with Gasteiger partial charge in [-0.1, -0.05) is 13.8 Å². The standard InChI is InChI=1S/C11H18NO2/c1-9(2)11(8-13)12-6-4-5-10(7-12)14-3/h4-7,9,11,13H,8H2,1-3H3/q+1. The molecule has 1 rings (SSSR count). The summed E-state index contributed by atoms with van der Waals surface area (Å²) in [5.74, 6) is 1.21. The Hall–Kier alpha value is -1.09. The maximum absolute atomic E-state index is 9.25. The van der Waals surface area contributed by atoms with Crippen LogP contribution in [-0.4, -0.2) is 18.8 Å². The molecule has 0 aliphatic rings. The van der Waals surface area contributed by atoms with Crippen molar-refractivity contribution in [2.45, 2.75) is 19.9 Å². The summed E-state index contributed by atoms with van der Waals surface area (Å²) < 4.78 is 7.12. The molecule has 0 fully saturated rings. The van der Waals surface area contributed by atoms with E-state index in [-0.39, 0.29) is 12.6 Å². The van der Waals surface area contributed by atoms with Gasteiger partial charge in [-0.25, -0.2) is 0 Å². The highest BCUT2D eigenvalue weighted by Gasteiger charge is 2.21. The number of hydrogen-bond acceptors (Lipinski definition) is 2. The van der Waals surface area contributed by atoms with Gasteiger partial charge in [0, 0.05) is 12.0 Å². The Balaban J connectivity index is 2.92. The number of nitrogens with zero attached hydrogens (tertiary/aromatic N) is 1. The van der Waals surface area contributed by atoms with Crippen molar-refractivity contribution in [2.75, 3.05) is 13.7 Å². The second-order valence-corrected chi connectivity index (χ2v) is 3.68. The van der Waals surface area contributed by atoms with E-state index >= 15 is 0 Å². The molecule has 3 heteroatoms. The second kappa shape index (κ2) is 4.96. The lowest BCUT2D eigenvalue weighted by Gasteiger charge is -2.13. The molecule has 78 valence electrons. The molecule has 1 N–H and O–H groups in total. The van der Waals surface area contributed by atoms with Gasteiger partial charge in [-0.15, -0.1) is 0 Å². The van der Waals surface area contributed by atoms with Crippen LogP contribution in [0.4, 0.5) is 0 Å². The van der Waals surface area contributed by atoms with E-state index in [9.17, 15) is 5.11 Å². The number of aliphatic hydroxyl groups excluding tert-OH is 1. The third-order valence-electron chi connectivity index (χ3n) is 2.37. The quantitative estimate of drug-likeness (QED) is 0.733. The normalized spacial score (nSPS) is 12.9. The van der Waals surface area contributed by atoms with E-state index in [0.29, 0.717) is 5.92 Å². The fourth-order valence-electron chi connectivity index (χ4n) is 1.45. The molecule has 0 amide bonds. The Kier molecular flexibility index (Phi) is 3.89. The highest BCUT2D eigenvalue weighted by molar-refractivity contribution is 5.12. The molecular formula is C11H18NO2+. The zero-order chi connectivity index (χ0) is 10.6. The SMILES string of the molecule is COc1ccc[n+](C(CO)C(C)C)c1. The predicted octanol–water partition coefficient (Wildman–Crippen LogP) is 1.17. The Bertz CT molecular complexity index is 286. The molecule has 1 aromatic heterocycles. The van der Waals surface area contributed by atoms with Crippen molar-refractivity contribution in [3.63, 3.8) is 0 Å². The van der Waals surface area contributed by atoms with E-state index in [1.54, 1.807) is 7.11 Å². The average molecular weight is 196 g/mol. The van der Waals surface area contributed by atoms with Crippen LogP contribution in [0.1, 0.15) is 19.9 Å². The third kappa shape index (κ3) is 2.45. The van der Waals surface area contributed by atoms with E-state index in [4.69, 9.17) is 4.74 Å². The minimum absolute atomic E-state index is 0.116. The maximum Gasteiger partial charge on any atom is 0.211 e. The van der Waals surface area contributed by atoms with Crippen molar-refractivity contribution in [2.24, 2.45) is 5.92 Å². The fourth-order valence-corrected chi connectivity index (χ4v) is 1.45. The van der Waals surface area contributed by atoms with Crippen molar-refractivity contribution < 1.29 is 14.4 Å². The van der Waals surface area contributed by atoms with Crippen molar-refractivity contribution in [1.29, 1.82) is 0 Å². The van der Waals surface area contributed by atoms with Crippen LogP contribution < -0.4 is 9.30 Å². The molecule has 0 saturated carbocycles. The summed E-state index contributed by atoms with van der Waals surface area (Å²) in [6.45, 7) is 4.33. The van der Waals surface area contributed by atoms with E-state index in [1.165, 1.54) is 0 Å². The van der Waals surface area contributed by atoms with Gasteiger partial charge in [0.15, 0.2) is 18.0 Å². The van der Waals surface area contributed by atoms with Gasteiger partial charge in [-0.05, 0) is 6.07 Å². The molecule has 0 aliphatic heterocycles. The molecule has 0 spiro atoms. The first-order valence-corrected chi connectivity index (χ1v) is 4.84. The zero-order valence-corrected chi connectivity index (χ0v) is 8.97. The molecule has 1 unspecified atom stereocenters. The van der Waals surface area contributed by atoms with Crippen molar-refractivity contribution in [3.05, 3.63) is 24.5 Å². The monoisotopic (exact) mass is 196 g/mol. The van der Waals surface area contributed by atoms with Gasteiger partial charge >= 0.3 is 0 Å². The first-order chi connectivity index (χ1) is 6.69. The van der Waals surface area contributed by atoms with Crippen LogP contribution in [0, 0.1) is 5.92 Å². The number of aliphatic hydroxyl groups is 1. The minimum Gasteiger partial charge on any atom is -0.491 e. The van der Waals surface area contributed by atoms with Gasteiger partial charge in [0.1, 0.15) is 6.61 Å². The summed E-state index contributed by atoms with van der Waals surface area (Å²) in [7, 11) is 1.64. The smallest absolute Gasteiger partial charge is 0.211 e. The Morgan fingerprint density at radius 3 is 2.71 bits per heavy atom. The molecule has 1 atom stereocenters. The van der Waals surface area contributed by atoms with Crippen molar-refractivity contribution in [3.8, 4) is 5.75 Å². The van der Waals surface area contributed by atoms with Crippen LogP contribution in [0.2, 0.25) is 0 Å². The highest BCUT2D eigenvalue weighted by atomic mass is 16.5. The number of rotatable bonds is 4. The topological polar surface area (TPSA) is 33.3 Å². The van der Waals surface area contributed by atoms with E-state index in [1.807, 2.05) is 29.1 Å². The number of ether oxygens (including phenoxy) is 1. The maximum atomic E-state index is 9.25. The summed E-state index contributed by atoms with van der Waals surface area (Å²) >= 11 is 0. The van der Waals surface area contributed by atoms with E-state index in [0.717, 1.165) is 5.75 Å². The molecular weight excluding hydrogens is 178 g/mol. The summed E-state index contributed by atoms with van der Waals surface area (Å²) in [6.07, 6.45) is 3.85. The molecule has 0 aliphatic carbocycles. The lowest BCUT2D eigenvalue weighted by Crippen LogP contribution is -2.43. The Morgan fingerprint density at radius 2 is 2.21 bits per heavy atom. The summed E-state index contributed by atoms with van der Waals surface area (Å²) in [6, 6.07) is 3.93. The predicted molar refractivity (Wildman–Crippen MR) is 54.1 cm³/mol. The molecule has 1 heterocycles. The van der Waals surface area contributed by atoms with Crippen LogP contribution >= 0.6 is 0 Å². The first-order valence-electron chi connectivity index (χ1n) is 4.84. The summed E-state index contributed by atoms with van der Waals surface area (Å²) in [4.78, 5) is 0. The Morgan fingerprint density at radius 1 is 1.50 bits per heavy atom. The zero-order valence-electron chi connectivity index (χ0n) is 8.97. The van der Waals surface area contributed by atoms with Gasteiger partial charge in [0.2, 0.25) is 6.20 Å². The number of pyridine rings is 1.